The van der Waals surface area contributed by atoms with Gasteiger partial charge in [-0.25, -0.2) is 0 Å². The lowest BCUT2D eigenvalue weighted by Gasteiger charge is -2.32. The van der Waals surface area contributed by atoms with Crippen LogP contribution in [0.5, 0.6) is 5.75 Å². The molecule has 3 rings (SSSR count). The number of hydrogen-bond donors (Lipinski definition) is 1. The molecule has 0 bridgehead atoms. The van der Waals surface area contributed by atoms with Crippen molar-refractivity contribution in [1.29, 1.82) is 0 Å². The van der Waals surface area contributed by atoms with Gasteiger partial charge < -0.3 is 15.0 Å². The summed E-state index contributed by atoms with van der Waals surface area (Å²) < 4.78 is 6.72. The molecule has 1 aliphatic heterocycles. The zero-order valence-electron chi connectivity index (χ0n) is 16.8. The van der Waals surface area contributed by atoms with Crippen LogP contribution in [0.3, 0.4) is 0 Å². The van der Waals surface area contributed by atoms with E-state index in [0.717, 1.165) is 29.0 Å². The van der Waals surface area contributed by atoms with E-state index < -0.39 is 6.10 Å². The summed E-state index contributed by atoms with van der Waals surface area (Å²) in [5.41, 5.74) is 2.36. The maximum atomic E-state index is 12.5. The van der Waals surface area contributed by atoms with Gasteiger partial charge in [-0.3, -0.25) is 4.79 Å². The average Bonchev–Trinajstić information content (AvgIpc) is 2.70. The Labute approximate surface area is 176 Å². The summed E-state index contributed by atoms with van der Waals surface area (Å²) in [6.07, 6.45) is 1.95. The maximum absolute atomic E-state index is 12.5. The highest BCUT2D eigenvalue weighted by Crippen LogP contribution is 2.25. The molecule has 0 aliphatic carbocycles. The van der Waals surface area contributed by atoms with Crippen LogP contribution in [0.2, 0.25) is 0 Å². The summed E-state index contributed by atoms with van der Waals surface area (Å²) in [7, 11) is 0. The fraction of sp³-hybridized carbons (Fsp3) is 0.435. The van der Waals surface area contributed by atoms with E-state index in [9.17, 15) is 4.79 Å². The second kappa shape index (κ2) is 9.46. The Morgan fingerprint density at radius 2 is 1.68 bits per heavy atom. The molecule has 1 heterocycles. The molecule has 0 aromatic heterocycles. The third kappa shape index (κ3) is 5.51. The average molecular weight is 445 g/mol. The Morgan fingerprint density at radius 1 is 1.07 bits per heavy atom. The third-order valence-corrected chi connectivity index (χ3v) is 5.93. The van der Waals surface area contributed by atoms with Gasteiger partial charge in [-0.05, 0) is 74.6 Å². The van der Waals surface area contributed by atoms with Crippen LogP contribution in [0.15, 0.2) is 53.0 Å². The van der Waals surface area contributed by atoms with Crippen LogP contribution in [-0.2, 0) is 4.79 Å². The van der Waals surface area contributed by atoms with E-state index in [0.29, 0.717) is 5.75 Å². The van der Waals surface area contributed by atoms with Crippen LogP contribution in [0.1, 0.15) is 45.2 Å². The molecular weight excluding hydrogens is 416 g/mol. The maximum Gasteiger partial charge on any atom is 0.261 e. The first-order valence-corrected chi connectivity index (χ1v) is 10.8. The van der Waals surface area contributed by atoms with Crippen LogP contribution in [-0.4, -0.2) is 25.1 Å². The first kappa shape index (κ1) is 20.7. The van der Waals surface area contributed by atoms with Crippen molar-refractivity contribution in [1.82, 2.24) is 5.32 Å². The van der Waals surface area contributed by atoms with Crippen molar-refractivity contribution in [3.05, 3.63) is 58.6 Å². The van der Waals surface area contributed by atoms with Gasteiger partial charge in [0.15, 0.2) is 6.10 Å². The number of ether oxygens (including phenoxy) is 1. The van der Waals surface area contributed by atoms with E-state index in [2.05, 4.69) is 57.3 Å². The van der Waals surface area contributed by atoms with Crippen molar-refractivity contribution in [2.45, 2.75) is 45.8 Å². The van der Waals surface area contributed by atoms with E-state index >= 15 is 0 Å². The molecule has 1 aliphatic rings. The number of carbonyl (C=O) groups excluding carboxylic acids is 1. The molecule has 5 heteroatoms. The van der Waals surface area contributed by atoms with Crippen molar-refractivity contribution in [2.24, 2.45) is 5.92 Å². The Bertz CT molecular complexity index is 768. The monoisotopic (exact) mass is 444 g/mol. The molecule has 1 amide bonds. The minimum atomic E-state index is -0.557. The molecule has 4 nitrogen and oxygen atoms in total. The number of piperidine rings is 1. The first-order valence-electron chi connectivity index (χ1n) is 10.00. The second-order valence-corrected chi connectivity index (χ2v) is 8.62. The molecule has 1 fully saturated rings. The fourth-order valence-corrected chi connectivity index (χ4v) is 3.69. The van der Waals surface area contributed by atoms with Crippen LogP contribution >= 0.6 is 15.9 Å². The van der Waals surface area contributed by atoms with E-state index in [1.165, 1.54) is 18.5 Å². The van der Waals surface area contributed by atoms with Gasteiger partial charge in [0.1, 0.15) is 5.75 Å². The molecule has 0 unspecified atom stereocenters. The molecule has 2 aromatic carbocycles. The van der Waals surface area contributed by atoms with Crippen molar-refractivity contribution in [3.8, 4) is 5.75 Å². The summed E-state index contributed by atoms with van der Waals surface area (Å²) in [4.78, 5) is 14.9. The van der Waals surface area contributed by atoms with Gasteiger partial charge in [-0.1, -0.05) is 35.0 Å². The van der Waals surface area contributed by atoms with Crippen LogP contribution in [0.25, 0.3) is 0 Å². The number of carbonyl (C=O) groups is 1. The zero-order valence-corrected chi connectivity index (χ0v) is 18.4. The Hall–Kier alpha value is -2.01. The summed E-state index contributed by atoms with van der Waals surface area (Å²) >= 11 is 3.39. The molecule has 150 valence electrons. The fourth-order valence-electron chi connectivity index (χ4n) is 3.43. The molecule has 0 radical (unpaired) electrons. The number of hydrogen-bond acceptors (Lipinski definition) is 3. The standard InChI is InChI=1S/C23H29BrN2O2/c1-16-12-14-26(15-13-16)21-8-4-19(5-9-21)17(2)25-23(27)18(3)28-22-10-6-20(24)7-11-22/h4-11,16-18H,12-15H2,1-3H3,(H,25,27)/t17-,18+/m0/s1. The smallest absolute Gasteiger partial charge is 0.261 e. The number of halogens is 1. The van der Waals surface area contributed by atoms with Crippen LogP contribution in [0, 0.1) is 5.92 Å². The minimum absolute atomic E-state index is 0.0705. The third-order valence-electron chi connectivity index (χ3n) is 5.40. The normalized spacial score (nSPS) is 17.1. The molecule has 1 saturated heterocycles. The zero-order chi connectivity index (χ0) is 20.1. The molecule has 28 heavy (non-hydrogen) atoms. The predicted octanol–water partition coefficient (Wildman–Crippen LogP) is 5.33. The summed E-state index contributed by atoms with van der Waals surface area (Å²) in [5.74, 6) is 1.38. The molecule has 2 aromatic rings. The highest BCUT2D eigenvalue weighted by molar-refractivity contribution is 9.10. The van der Waals surface area contributed by atoms with Gasteiger partial charge >= 0.3 is 0 Å². The highest BCUT2D eigenvalue weighted by Gasteiger charge is 2.19. The molecular formula is C23H29BrN2O2. The van der Waals surface area contributed by atoms with Gasteiger partial charge in [0.25, 0.3) is 5.91 Å². The molecule has 2 atom stereocenters. The van der Waals surface area contributed by atoms with Gasteiger partial charge in [-0.15, -0.1) is 0 Å². The largest absolute Gasteiger partial charge is 0.481 e. The summed E-state index contributed by atoms with van der Waals surface area (Å²) in [6, 6.07) is 16.0. The van der Waals surface area contributed by atoms with E-state index in [4.69, 9.17) is 4.74 Å². The van der Waals surface area contributed by atoms with Crippen LogP contribution < -0.4 is 15.0 Å². The quantitative estimate of drug-likeness (QED) is 0.654. The van der Waals surface area contributed by atoms with Crippen molar-refractivity contribution < 1.29 is 9.53 Å². The predicted molar refractivity (Wildman–Crippen MR) is 118 cm³/mol. The lowest BCUT2D eigenvalue weighted by molar-refractivity contribution is -0.127. The first-order chi connectivity index (χ1) is 13.4. The van der Waals surface area contributed by atoms with Gasteiger partial charge in [0, 0.05) is 23.2 Å². The molecule has 0 spiro atoms. The van der Waals surface area contributed by atoms with E-state index in [-0.39, 0.29) is 11.9 Å². The Kier molecular flexibility index (Phi) is 7.00. The number of nitrogens with zero attached hydrogens (tertiary/aromatic N) is 1. The highest BCUT2D eigenvalue weighted by atomic mass is 79.9. The Morgan fingerprint density at radius 3 is 2.29 bits per heavy atom. The van der Waals surface area contributed by atoms with Crippen molar-refractivity contribution in [3.63, 3.8) is 0 Å². The number of amides is 1. The number of rotatable bonds is 6. The minimum Gasteiger partial charge on any atom is -0.481 e. The van der Waals surface area contributed by atoms with E-state index in [1.54, 1.807) is 6.92 Å². The van der Waals surface area contributed by atoms with Crippen molar-refractivity contribution >= 4 is 27.5 Å². The number of anilines is 1. The van der Waals surface area contributed by atoms with Gasteiger partial charge in [0.2, 0.25) is 0 Å². The Balaban J connectivity index is 1.53. The second-order valence-electron chi connectivity index (χ2n) is 7.71. The topological polar surface area (TPSA) is 41.6 Å². The van der Waals surface area contributed by atoms with Crippen molar-refractivity contribution in [2.75, 3.05) is 18.0 Å². The van der Waals surface area contributed by atoms with Gasteiger partial charge in [-0.2, -0.15) is 0 Å². The lowest BCUT2D eigenvalue weighted by atomic mass is 9.98. The number of nitrogens with one attached hydrogen (secondary N) is 1. The lowest BCUT2D eigenvalue weighted by Crippen LogP contribution is -2.37. The number of benzene rings is 2. The van der Waals surface area contributed by atoms with Crippen LogP contribution in [0.4, 0.5) is 5.69 Å². The SMILES string of the molecule is CC1CCN(c2ccc([C@H](C)NC(=O)[C@@H](C)Oc3ccc(Br)cc3)cc2)CC1. The molecule has 0 saturated carbocycles. The summed E-state index contributed by atoms with van der Waals surface area (Å²) in [6.45, 7) is 8.34. The summed E-state index contributed by atoms with van der Waals surface area (Å²) in [5, 5.41) is 3.05. The van der Waals surface area contributed by atoms with Gasteiger partial charge in [0.05, 0.1) is 6.04 Å². The molecule has 1 N–H and O–H groups in total. The van der Waals surface area contributed by atoms with E-state index in [1.807, 2.05) is 31.2 Å².